The zero-order valence-corrected chi connectivity index (χ0v) is 15.1. The van der Waals surface area contributed by atoms with Gasteiger partial charge in [-0.05, 0) is 47.2 Å². The van der Waals surface area contributed by atoms with Crippen LogP contribution in [0.5, 0.6) is 5.75 Å². The lowest BCUT2D eigenvalue weighted by Gasteiger charge is -2.17. The Kier molecular flexibility index (Phi) is 4.93. The molecule has 1 aliphatic rings. The molecule has 6 heteroatoms. The summed E-state index contributed by atoms with van der Waals surface area (Å²) < 4.78 is 18.6. The maximum Gasteiger partial charge on any atom is 0.258 e. The third-order valence-electron chi connectivity index (χ3n) is 4.72. The van der Waals surface area contributed by atoms with Crippen LogP contribution in [0.25, 0.3) is 10.8 Å². The molecule has 28 heavy (non-hydrogen) atoms. The first-order valence-electron chi connectivity index (χ1n) is 9.05. The van der Waals surface area contributed by atoms with Crippen molar-refractivity contribution in [3.8, 4) is 5.75 Å². The Bertz CT molecular complexity index is 1020. The van der Waals surface area contributed by atoms with E-state index in [0.29, 0.717) is 18.0 Å². The molecule has 1 fully saturated rings. The van der Waals surface area contributed by atoms with Gasteiger partial charge in [0.2, 0.25) is 5.91 Å². The maximum atomic E-state index is 13.1. The number of benzene rings is 3. The molecule has 3 aromatic rings. The van der Waals surface area contributed by atoms with Gasteiger partial charge in [-0.3, -0.25) is 9.59 Å². The Morgan fingerprint density at radius 3 is 2.61 bits per heavy atom. The number of rotatable bonds is 5. The standard InChI is InChI=1S/C22H19FN2O3/c23-17-6-8-19(9-7-17)25-13-18(12-22(25)27)24-21(26)14-28-20-10-5-15-3-1-2-4-16(15)11-20/h1-11,18H,12-14H2,(H,24,26)/t18-/m0/s1. The van der Waals surface area contributed by atoms with Crippen LogP contribution in [0.1, 0.15) is 6.42 Å². The summed E-state index contributed by atoms with van der Waals surface area (Å²) >= 11 is 0. The lowest BCUT2D eigenvalue weighted by molar-refractivity contribution is -0.123. The number of hydrogen-bond donors (Lipinski definition) is 1. The van der Waals surface area contributed by atoms with E-state index in [1.54, 1.807) is 17.0 Å². The van der Waals surface area contributed by atoms with Gasteiger partial charge in [-0.15, -0.1) is 0 Å². The number of amides is 2. The third-order valence-corrected chi connectivity index (χ3v) is 4.72. The summed E-state index contributed by atoms with van der Waals surface area (Å²) in [6, 6.07) is 19.0. The van der Waals surface area contributed by atoms with Crippen LogP contribution in [0.15, 0.2) is 66.7 Å². The molecule has 5 nitrogen and oxygen atoms in total. The van der Waals surface area contributed by atoms with Crippen LogP contribution in [0.3, 0.4) is 0 Å². The number of halogens is 1. The average Bonchev–Trinajstić information content (AvgIpc) is 3.06. The van der Waals surface area contributed by atoms with E-state index in [1.807, 2.05) is 42.5 Å². The highest BCUT2D eigenvalue weighted by molar-refractivity contribution is 5.96. The molecule has 0 aliphatic carbocycles. The smallest absolute Gasteiger partial charge is 0.258 e. The summed E-state index contributed by atoms with van der Waals surface area (Å²) in [5, 5.41) is 4.97. The summed E-state index contributed by atoms with van der Waals surface area (Å²) in [7, 11) is 0. The highest BCUT2D eigenvalue weighted by atomic mass is 19.1. The van der Waals surface area contributed by atoms with Gasteiger partial charge in [-0.2, -0.15) is 0 Å². The molecular formula is C22H19FN2O3. The van der Waals surface area contributed by atoms with Gasteiger partial charge in [0.25, 0.3) is 5.91 Å². The number of fused-ring (bicyclic) bond motifs is 1. The molecular weight excluding hydrogens is 359 g/mol. The Balaban J connectivity index is 1.32. The quantitative estimate of drug-likeness (QED) is 0.741. The fraction of sp³-hybridized carbons (Fsp3) is 0.182. The number of ether oxygens (including phenoxy) is 1. The van der Waals surface area contributed by atoms with Crippen molar-refractivity contribution < 1.29 is 18.7 Å². The van der Waals surface area contributed by atoms with Crippen molar-refractivity contribution in [3.63, 3.8) is 0 Å². The van der Waals surface area contributed by atoms with E-state index in [9.17, 15) is 14.0 Å². The SMILES string of the molecule is O=C(COc1ccc2ccccc2c1)N[C@H]1CC(=O)N(c2ccc(F)cc2)C1. The lowest BCUT2D eigenvalue weighted by Crippen LogP contribution is -2.39. The lowest BCUT2D eigenvalue weighted by atomic mass is 10.1. The van der Waals surface area contributed by atoms with Crippen LogP contribution in [0.2, 0.25) is 0 Å². The molecule has 142 valence electrons. The van der Waals surface area contributed by atoms with Gasteiger partial charge in [-0.1, -0.05) is 30.3 Å². The average molecular weight is 378 g/mol. The summed E-state index contributed by atoms with van der Waals surface area (Å²) in [5.41, 5.74) is 0.621. The number of hydrogen-bond acceptors (Lipinski definition) is 3. The molecule has 1 heterocycles. The fourth-order valence-electron chi connectivity index (χ4n) is 3.35. The fourth-order valence-corrected chi connectivity index (χ4v) is 3.35. The highest BCUT2D eigenvalue weighted by Gasteiger charge is 2.31. The molecule has 0 bridgehead atoms. The highest BCUT2D eigenvalue weighted by Crippen LogP contribution is 2.22. The first-order valence-corrected chi connectivity index (χ1v) is 9.05. The second-order valence-corrected chi connectivity index (χ2v) is 6.75. The van der Waals surface area contributed by atoms with Gasteiger partial charge in [0.1, 0.15) is 11.6 Å². The minimum Gasteiger partial charge on any atom is -0.484 e. The van der Waals surface area contributed by atoms with E-state index in [0.717, 1.165) is 10.8 Å². The van der Waals surface area contributed by atoms with E-state index in [2.05, 4.69) is 5.32 Å². The van der Waals surface area contributed by atoms with Crippen LogP contribution >= 0.6 is 0 Å². The minimum absolute atomic E-state index is 0.104. The number of nitrogens with one attached hydrogen (secondary N) is 1. The van der Waals surface area contributed by atoms with Crippen molar-refractivity contribution >= 4 is 28.3 Å². The van der Waals surface area contributed by atoms with E-state index in [1.165, 1.54) is 12.1 Å². The van der Waals surface area contributed by atoms with Gasteiger partial charge in [0, 0.05) is 18.7 Å². The molecule has 1 atom stereocenters. The first-order chi connectivity index (χ1) is 13.6. The van der Waals surface area contributed by atoms with Crippen LogP contribution in [-0.2, 0) is 9.59 Å². The Morgan fingerprint density at radius 2 is 1.82 bits per heavy atom. The second kappa shape index (κ2) is 7.68. The molecule has 0 unspecified atom stereocenters. The molecule has 0 spiro atoms. The normalized spacial score (nSPS) is 16.4. The van der Waals surface area contributed by atoms with Crippen molar-refractivity contribution in [1.82, 2.24) is 5.32 Å². The molecule has 1 saturated heterocycles. The van der Waals surface area contributed by atoms with Crippen molar-refractivity contribution in [2.24, 2.45) is 0 Å². The van der Waals surface area contributed by atoms with Crippen molar-refractivity contribution in [2.75, 3.05) is 18.1 Å². The Hall–Kier alpha value is -3.41. The van der Waals surface area contributed by atoms with Crippen LogP contribution in [-0.4, -0.2) is 31.0 Å². The molecule has 2 amide bonds. The Labute approximate surface area is 161 Å². The van der Waals surface area contributed by atoms with Crippen molar-refractivity contribution in [2.45, 2.75) is 12.5 Å². The zero-order chi connectivity index (χ0) is 19.5. The largest absolute Gasteiger partial charge is 0.484 e. The third kappa shape index (κ3) is 3.96. The van der Waals surface area contributed by atoms with Gasteiger partial charge >= 0.3 is 0 Å². The van der Waals surface area contributed by atoms with E-state index in [-0.39, 0.29) is 36.7 Å². The number of carbonyl (C=O) groups excluding carboxylic acids is 2. The summed E-state index contributed by atoms with van der Waals surface area (Å²) in [6.07, 6.45) is 0.207. The predicted molar refractivity (Wildman–Crippen MR) is 105 cm³/mol. The molecule has 0 aromatic heterocycles. The zero-order valence-electron chi connectivity index (χ0n) is 15.1. The number of nitrogens with zero attached hydrogens (tertiary/aromatic N) is 1. The van der Waals surface area contributed by atoms with Gasteiger partial charge in [-0.25, -0.2) is 4.39 Å². The molecule has 0 radical (unpaired) electrons. The first kappa shape index (κ1) is 18.0. The van der Waals surface area contributed by atoms with Crippen molar-refractivity contribution in [3.05, 3.63) is 72.5 Å². The van der Waals surface area contributed by atoms with E-state index < -0.39 is 0 Å². The molecule has 3 aromatic carbocycles. The van der Waals surface area contributed by atoms with Crippen LogP contribution < -0.4 is 15.0 Å². The molecule has 0 saturated carbocycles. The van der Waals surface area contributed by atoms with Crippen LogP contribution in [0, 0.1) is 5.82 Å². The molecule has 1 N–H and O–H groups in total. The van der Waals surface area contributed by atoms with E-state index >= 15 is 0 Å². The Morgan fingerprint density at radius 1 is 1.07 bits per heavy atom. The maximum absolute atomic E-state index is 13.1. The minimum atomic E-state index is -0.355. The molecule has 1 aliphatic heterocycles. The monoisotopic (exact) mass is 378 g/mol. The summed E-state index contributed by atoms with van der Waals surface area (Å²) in [5.74, 6) is -0.130. The van der Waals surface area contributed by atoms with Gasteiger partial charge in [0.05, 0.1) is 6.04 Å². The number of carbonyl (C=O) groups is 2. The van der Waals surface area contributed by atoms with Gasteiger partial charge < -0.3 is 15.0 Å². The summed E-state index contributed by atoms with van der Waals surface area (Å²) in [6.45, 7) is 0.228. The predicted octanol–water partition coefficient (Wildman–Crippen LogP) is 3.28. The van der Waals surface area contributed by atoms with E-state index in [4.69, 9.17) is 4.74 Å². The summed E-state index contributed by atoms with van der Waals surface area (Å²) in [4.78, 5) is 26.0. The van der Waals surface area contributed by atoms with Crippen molar-refractivity contribution in [1.29, 1.82) is 0 Å². The topological polar surface area (TPSA) is 58.6 Å². The van der Waals surface area contributed by atoms with Gasteiger partial charge in [0.15, 0.2) is 6.61 Å². The van der Waals surface area contributed by atoms with Crippen LogP contribution in [0.4, 0.5) is 10.1 Å². The second-order valence-electron chi connectivity index (χ2n) is 6.75. The number of anilines is 1. The molecule has 4 rings (SSSR count).